The van der Waals surface area contributed by atoms with E-state index in [1.54, 1.807) is 19.1 Å². The van der Waals surface area contributed by atoms with Gasteiger partial charge in [0.2, 0.25) is 0 Å². The van der Waals surface area contributed by atoms with Crippen molar-refractivity contribution in [2.75, 3.05) is 32.3 Å². The number of para-hydroxylation sites is 1. The highest BCUT2D eigenvalue weighted by molar-refractivity contribution is 5.94. The van der Waals surface area contributed by atoms with Crippen molar-refractivity contribution >= 4 is 11.6 Å². The van der Waals surface area contributed by atoms with Gasteiger partial charge in [0.15, 0.2) is 18.1 Å². The summed E-state index contributed by atoms with van der Waals surface area (Å²) in [4.78, 5) is 14.8. The third-order valence-electron chi connectivity index (χ3n) is 4.65. The SMILES string of the molecule is CCOc1ccc(N(Cc2ccc(OC)c(OC)c2)C(=O)COc2ccccc2)cc1. The van der Waals surface area contributed by atoms with Crippen molar-refractivity contribution in [3.05, 3.63) is 78.4 Å². The molecule has 0 spiro atoms. The first-order valence-corrected chi connectivity index (χ1v) is 10.1. The second kappa shape index (κ2) is 10.9. The maximum Gasteiger partial charge on any atom is 0.265 e. The molecule has 31 heavy (non-hydrogen) atoms. The molecule has 0 heterocycles. The summed E-state index contributed by atoms with van der Waals surface area (Å²) in [6.45, 7) is 2.79. The van der Waals surface area contributed by atoms with Gasteiger partial charge in [-0.2, -0.15) is 0 Å². The molecule has 0 aliphatic rings. The summed E-state index contributed by atoms with van der Waals surface area (Å²) in [5.41, 5.74) is 1.65. The molecule has 0 aliphatic heterocycles. The van der Waals surface area contributed by atoms with Gasteiger partial charge in [0.05, 0.1) is 27.4 Å². The van der Waals surface area contributed by atoms with Gasteiger partial charge in [-0.05, 0) is 61.0 Å². The normalized spacial score (nSPS) is 10.3. The first kappa shape index (κ1) is 22.0. The highest BCUT2D eigenvalue weighted by Crippen LogP contribution is 2.29. The number of rotatable bonds is 10. The summed E-state index contributed by atoms with van der Waals surface area (Å²) in [5, 5.41) is 0. The first-order chi connectivity index (χ1) is 15.1. The van der Waals surface area contributed by atoms with Crippen LogP contribution in [-0.2, 0) is 11.3 Å². The van der Waals surface area contributed by atoms with Crippen LogP contribution in [0.3, 0.4) is 0 Å². The molecule has 0 atom stereocenters. The number of amides is 1. The maximum absolute atomic E-state index is 13.1. The van der Waals surface area contributed by atoms with E-state index in [1.165, 1.54) is 0 Å². The lowest BCUT2D eigenvalue weighted by molar-refractivity contribution is -0.120. The third-order valence-corrected chi connectivity index (χ3v) is 4.65. The molecule has 3 aromatic carbocycles. The third kappa shape index (κ3) is 5.92. The van der Waals surface area contributed by atoms with E-state index in [9.17, 15) is 4.79 Å². The zero-order valence-corrected chi connectivity index (χ0v) is 18.0. The Hall–Kier alpha value is -3.67. The minimum Gasteiger partial charge on any atom is -0.494 e. The Kier molecular flexibility index (Phi) is 7.76. The van der Waals surface area contributed by atoms with Crippen LogP contribution in [0.2, 0.25) is 0 Å². The van der Waals surface area contributed by atoms with Gasteiger partial charge >= 0.3 is 0 Å². The Balaban J connectivity index is 1.83. The van der Waals surface area contributed by atoms with Crippen LogP contribution in [0.1, 0.15) is 12.5 Å². The van der Waals surface area contributed by atoms with E-state index in [0.717, 1.165) is 17.0 Å². The molecule has 0 saturated heterocycles. The van der Waals surface area contributed by atoms with Gasteiger partial charge in [0.25, 0.3) is 5.91 Å². The van der Waals surface area contributed by atoms with Crippen LogP contribution in [0.5, 0.6) is 23.0 Å². The van der Waals surface area contributed by atoms with E-state index in [4.69, 9.17) is 18.9 Å². The molecule has 1 amide bonds. The van der Waals surface area contributed by atoms with Crippen LogP contribution < -0.4 is 23.8 Å². The number of carbonyl (C=O) groups excluding carboxylic acids is 1. The van der Waals surface area contributed by atoms with Crippen molar-refractivity contribution in [3.63, 3.8) is 0 Å². The number of anilines is 1. The van der Waals surface area contributed by atoms with Crippen molar-refractivity contribution in [1.29, 1.82) is 0 Å². The van der Waals surface area contributed by atoms with Crippen LogP contribution in [0.15, 0.2) is 72.8 Å². The second-order valence-electron chi connectivity index (χ2n) is 6.70. The standard InChI is InChI=1S/C25H27NO5/c1-4-30-22-13-11-20(12-14-22)26(25(27)18-31-21-8-6-5-7-9-21)17-19-10-15-23(28-2)24(16-19)29-3/h5-16H,4,17-18H2,1-3H3. The lowest BCUT2D eigenvalue weighted by Gasteiger charge is -2.24. The molecular weight excluding hydrogens is 394 g/mol. The number of nitrogens with zero attached hydrogens (tertiary/aromatic N) is 1. The van der Waals surface area contributed by atoms with Gasteiger partial charge in [0.1, 0.15) is 11.5 Å². The van der Waals surface area contributed by atoms with E-state index in [2.05, 4.69) is 0 Å². The van der Waals surface area contributed by atoms with Crippen LogP contribution >= 0.6 is 0 Å². The largest absolute Gasteiger partial charge is 0.494 e. The molecule has 0 aromatic heterocycles. The lowest BCUT2D eigenvalue weighted by Crippen LogP contribution is -2.34. The average molecular weight is 421 g/mol. The average Bonchev–Trinajstić information content (AvgIpc) is 2.82. The van der Waals surface area contributed by atoms with Crippen molar-refractivity contribution in [1.82, 2.24) is 0 Å². The Morgan fingerprint density at radius 1 is 0.806 bits per heavy atom. The molecule has 6 heteroatoms. The van der Waals surface area contributed by atoms with E-state index < -0.39 is 0 Å². The molecule has 162 valence electrons. The van der Waals surface area contributed by atoms with E-state index in [0.29, 0.717) is 30.4 Å². The fourth-order valence-corrected chi connectivity index (χ4v) is 3.11. The van der Waals surface area contributed by atoms with Crippen molar-refractivity contribution in [2.45, 2.75) is 13.5 Å². The van der Waals surface area contributed by atoms with Gasteiger partial charge < -0.3 is 23.8 Å². The minimum absolute atomic E-state index is 0.0789. The smallest absolute Gasteiger partial charge is 0.265 e. The molecule has 0 aliphatic carbocycles. The zero-order valence-electron chi connectivity index (χ0n) is 18.0. The molecule has 0 saturated carbocycles. The van der Waals surface area contributed by atoms with Gasteiger partial charge in [-0.15, -0.1) is 0 Å². The lowest BCUT2D eigenvalue weighted by atomic mass is 10.1. The van der Waals surface area contributed by atoms with Crippen LogP contribution in [0.25, 0.3) is 0 Å². The number of carbonyl (C=O) groups is 1. The van der Waals surface area contributed by atoms with Crippen LogP contribution in [0, 0.1) is 0 Å². The fraction of sp³-hybridized carbons (Fsp3) is 0.240. The Morgan fingerprint density at radius 2 is 1.48 bits per heavy atom. The molecule has 0 N–H and O–H groups in total. The van der Waals surface area contributed by atoms with Crippen molar-refractivity contribution in [2.24, 2.45) is 0 Å². The predicted molar refractivity (Wildman–Crippen MR) is 120 cm³/mol. The highest BCUT2D eigenvalue weighted by Gasteiger charge is 2.18. The zero-order chi connectivity index (χ0) is 22.1. The molecule has 0 bridgehead atoms. The summed E-state index contributed by atoms with van der Waals surface area (Å²) in [6, 6.07) is 22.3. The van der Waals surface area contributed by atoms with E-state index >= 15 is 0 Å². The van der Waals surface area contributed by atoms with Gasteiger partial charge in [-0.1, -0.05) is 24.3 Å². The fourth-order valence-electron chi connectivity index (χ4n) is 3.11. The quantitative estimate of drug-likeness (QED) is 0.474. The summed E-state index contributed by atoms with van der Waals surface area (Å²) >= 11 is 0. The Bertz CT molecular complexity index is 973. The number of hydrogen-bond acceptors (Lipinski definition) is 5. The van der Waals surface area contributed by atoms with Crippen LogP contribution in [-0.4, -0.2) is 33.3 Å². The number of hydrogen-bond donors (Lipinski definition) is 0. The molecule has 3 aromatic rings. The van der Waals surface area contributed by atoms with Gasteiger partial charge in [-0.25, -0.2) is 0 Å². The molecule has 0 fully saturated rings. The van der Waals surface area contributed by atoms with Crippen molar-refractivity contribution in [3.8, 4) is 23.0 Å². The van der Waals surface area contributed by atoms with E-state index in [-0.39, 0.29) is 12.5 Å². The summed E-state index contributed by atoms with van der Waals surface area (Å²) < 4.78 is 21.9. The molecule has 6 nitrogen and oxygen atoms in total. The first-order valence-electron chi connectivity index (χ1n) is 10.1. The van der Waals surface area contributed by atoms with E-state index in [1.807, 2.05) is 79.7 Å². The summed E-state index contributed by atoms with van der Waals surface area (Å²) in [5.74, 6) is 2.49. The summed E-state index contributed by atoms with van der Waals surface area (Å²) in [7, 11) is 3.18. The molecule has 3 rings (SSSR count). The number of ether oxygens (including phenoxy) is 4. The number of benzene rings is 3. The molecule has 0 radical (unpaired) electrons. The maximum atomic E-state index is 13.1. The van der Waals surface area contributed by atoms with Crippen molar-refractivity contribution < 1.29 is 23.7 Å². The van der Waals surface area contributed by atoms with Gasteiger partial charge in [0, 0.05) is 5.69 Å². The molecule has 0 unspecified atom stereocenters. The Morgan fingerprint density at radius 3 is 2.13 bits per heavy atom. The second-order valence-corrected chi connectivity index (χ2v) is 6.70. The highest BCUT2D eigenvalue weighted by atomic mass is 16.5. The minimum atomic E-state index is -0.164. The van der Waals surface area contributed by atoms with Crippen LogP contribution in [0.4, 0.5) is 5.69 Å². The monoisotopic (exact) mass is 421 g/mol. The topological polar surface area (TPSA) is 57.2 Å². The molecular formula is C25H27NO5. The predicted octanol–water partition coefficient (Wildman–Crippen LogP) is 4.71. The summed E-state index contributed by atoms with van der Waals surface area (Å²) in [6.07, 6.45) is 0. The number of methoxy groups -OCH3 is 2. The van der Waals surface area contributed by atoms with Gasteiger partial charge in [-0.3, -0.25) is 4.79 Å². The Labute approximate surface area is 182 Å².